The van der Waals surface area contributed by atoms with E-state index >= 15 is 0 Å². The largest absolute Gasteiger partial charge is 0.478 e. The van der Waals surface area contributed by atoms with Gasteiger partial charge in [0.05, 0.1) is 11.7 Å². The molecule has 0 saturated heterocycles. The highest BCUT2D eigenvalue weighted by Gasteiger charge is 2.26. The number of carboxylic acids is 1. The van der Waals surface area contributed by atoms with Crippen molar-refractivity contribution in [2.24, 2.45) is 5.41 Å². The standard InChI is InChI=1S/C14H20O3/c1-14(2,3)12(17-4)9-10-7-5-6-8-11(10)13(15)16/h5-8,12H,9H2,1-4H3,(H,15,16). The molecule has 1 aromatic rings. The van der Waals surface area contributed by atoms with Gasteiger partial charge in [-0.15, -0.1) is 0 Å². The second-order valence-corrected chi connectivity index (χ2v) is 5.26. The number of carboxylic acid groups (broad SMARTS) is 1. The van der Waals surface area contributed by atoms with Crippen LogP contribution in [0.2, 0.25) is 0 Å². The van der Waals surface area contributed by atoms with E-state index in [9.17, 15) is 4.79 Å². The lowest BCUT2D eigenvalue weighted by Gasteiger charge is -2.29. The van der Waals surface area contributed by atoms with Crippen molar-refractivity contribution in [2.75, 3.05) is 7.11 Å². The van der Waals surface area contributed by atoms with Crippen molar-refractivity contribution in [1.82, 2.24) is 0 Å². The van der Waals surface area contributed by atoms with E-state index in [1.807, 2.05) is 12.1 Å². The molecule has 1 unspecified atom stereocenters. The molecule has 1 rings (SSSR count). The van der Waals surface area contributed by atoms with Crippen LogP contribution in [-0.4, -0.2) is 24.3 Å². The third-order valence-electron chi connectivity index (χ3n) is 2.90. The molecular weight excluding hydrogens is 216 g/mol. The van der Waals surface area contributed by atoms with Gasteiger partial charge >= 0.3 is 5.97 Å². The van der Waals surface area contributed by atoms with Gasteiger partial charge in [0.25, 0.3) is 0 Å². The Hall–Kier alpha value is -1.35. The molecule has 0 fully saturated rings. The molecule has 0 aliphatic heterocycles. The molecule has 0 aliphatic rings. The molecule has 0 bridgehead atoms. The first-order valence-electron chi connectivity index (χ1n) is 5.70. The van der Waals surface area contributed by atoms with Crippen molar-refractivity contribution in [1.29, 1.82) is 0 Å². The Bertz CT molecular complexity index is 391. The zero-order valence-corrected chi connectivity index (χ0v) is 10.9. The van der Waals surface area contributed by atoms with Gasteiger partial charge in [0.2, 0.25) is 0 Å². The van der Waals surface area contributed by atoms with Crippen molar-refractivity contribution < 1.29 is 14.6 Å². The van der Waals surface area contributed by atoms with Crippen LogP contribution in [0.1, 0.15) is 36.7 Å². The molecule has 0 aromatic heterocycles. The molecule has 3 nitrogen and oxygen atoms in total. The van der Waals surface area contributed by atoms with Crippen molar-refractivity contribution >= 4 is 5.97 Å². The molecule has 0 radical (unpaired) electrons. The zero-order chi connectivity index (χ0) is 13.1. The monoisotopic (exact) mass is 236 g/mol. The van der Waals surface area contributed by atoms with Crippen LogP contribution in [0.5, 0.6) is 0 Å². The summed E-state index contributed by atoms with van der Waals surface area (Å²) in [4.78, 5) is 11.1. The first-order chi connectivity index (χ1) is 7.86. The molecule has 94 valence electrons. The average Bonchev–Trinajstić information content (AvgIpc) is 2.24. The molecule has 17 heavy (non-hydrogen) atoms. The number of hydrogen-bond acceptors (Lipinski definition) is 2. The predicted octanol–water partition coefficient (Wildman–Crippen LogP) is 2.99. The smallest absolute Gasteiger partial charge is 0.335 e. The normalized spacial score (nSPS) is 13.4. The van der Waals surface area contributed by atoms with Crippen LogP contribution < -0.4 is 0 Å². The van der Waals surface area contributed by atoms with Gasteiger partial charge in [0.1, 0.15) is 0 Å². The predicted molar refractivity (Wildman–Crippen MR) is 67.4 cm³/mol. The van der Waals surface area contributed by atoms with Crippen LogP contribution in [0, 0.1) is 5.41 Å². The Morgan fingerprint density at radius 2 is 1.94 bits per heavy atom. The molecule has 3 heteroatoms. The number of methoxy groups -OCH3 is 1. The van der Waals surface area contributed by atoms with E-state index in [0.29, 0.717) is 12.0 Å². The highest BCUT2D eigenvalue weighted by Crippen LogP contribution is 2.26. The van der Waals surface area contributed by atoms with Gasteiger partial charge in [-0.3, -0.25) is 0 Å². The van der Waals surface area contributed by atoms with Gasteiger partial charge in [-0.25, -0.2) is 4.79 Å². The summed E-state index contributed by atoms with van der Waals surface area (Å²) in [7, 11) is 1.67. The summed E-state index contributed by atoms with van der Waals surface area (Å²) in [6.45, 7) is 6.26. The fourth-order valence-electron chi connectivity index (χ4n) is 1.85. The molecule has 0 heterocycles. The van der Waals surface area contributed by atoms with E-state index in [-0.39, 0.29) is 11.5 Å². The van der Waals surface area contributed by atoms with Gasteiger partial charge in [0.15, 0.2) is 0 Å². The maximum atomic E-state index is 11.1. The second-order valence-electron chi connectivity index (χ2n) is 5.26. The van der Waals surface area contributed by atoms with Crippen LogP contribution in [0.25, 0.3) is 0 Å². The van der Waals surface area contributed by atoms with Crippen molar-refractivity contribution in [2.45, 2.75) is 33.3 Å². The fraction of sp³-hybridized carbons (Fsp3) is 0.500. The summed E-state index contributed by atoms with van der Waals surface area (Å²) in [5.41, 5.74) is 1.17. The van der Waals surface area contributed by atoms with E-state index in [2.05, 4.69) is 20.8 Å². The molecule has 0 amide bonds. The molecule has 0 aliphatic carbocycles. The van der Waals surface area contributed by atoms with Gasteiger partial charge in [-0.2, -0.15) is 0 Å². The van der Waals surface area contributed by atoms with E-state index in [0.717, 1.165) is 5.56 Å². The van der Waals surface area contributed by atoms with Crippen LogP contribution >= 0.6 is 0 Å². The lowest BCUT2D eigenvalue weighted by Crippen LogP contribution is -2.30. The Labute approximate surface area is 102 Å². The summed E-state index contributed by atoms with van der Waals surface area (Å²) in [5, 5.41) is 9.11. The number of carbonyl (C=O) groups is 1. The van der Waals surface area contributed by atoms with Crippen LogP contribution in [0.15, 0.2) is 24.3 Å². The molecular formula is C14H20O3. The number of hydrogen-bond donors (Lipinski definition) is 1. The van der Waals surface area contributed by atoms with Crippen molar-refractivity contribution in [3.63, 3.8) is 0 Å². The van der Waals surface area contributed by atoms with Crippen LogP contribution in [0.3, 0.4) is 0 Å². The summed E-state index contributed by atoms with van der Waals surface area (Å²) < 4.78 is 5.46. The second kappa shape index (κ2) is 5.32. The zero-order valence-electron chi connectivity index (χ0n) is 10.9. The lowest BCUT2D eigenvalue weighted by molar-refractivity contribution is 0.0171. The third-order valence-corrected chi connectivity index (χ3v) is 2.90. The maximum Gasteiger partial charge on any atom is 0.335 e. The van der Waals surface area contributed by atoms with Gasteiger partial charge in [-0.1, -0.05) is 39.0 Å². The molecule has 1 aromatic carbocycles. The van der Waals surface area contributed by atoms with Crippen LogP contribution in [-0.2, 0) is 11.2 Å². The number of aromatic carboxylic acids is 1. The maximum absolute atomic E-state index is 11.1. The van der Waals surface area contributed by atoms with E-state index in [1.54, 1.807) is 19.2 Å². The Balaban J connectivity index is 2.98. The fourth-order valence-corrected chi connectivity index (χ4v) is 1.85. The van der Waals surface area contributed by atoms with Crippen molar-refractivity contribution in [3.8, 4) is 0 Å². The topological polar surface area (TPSA) is 46.5 Å². The molecule has 1 N–H and O–H groups in total. The van der Waals surface area contributed by atoms with E-state index in [4.69, 9.17) is 9.84 Å². The average molecular weight is 236 g/mol. The highest BCUT2D eigenvalue weighted by molar-refractivity contribution is 5.89. The van der Waals surface area contributed by atoms with Crippen molar-refractivity contribution in [3.05, 3.63) is 35.4 Å². The van der Waals surface area contributed by atoms with Gasteiger partial charge < -0.3 is 9.84 Å². The summed E-state index contributed by atoms with van der Waals surface area (Å²) in [6, 6.07) is 7.08. The number of rotatable bonds is 4. The Morgan fingerprint density at radius 3 is 2.41 bits per heavy atom. The SMILES string of the molecule is COC(Cc1ccccc1C(=O)O)C(C)(C)C. The highest BCUT2D eigenvalue weighted by atomic mass is 16.5. The Kier molecular flexibility index (Phi) is 4.29. The molecule has 1 atom stereocenters. The van der Waals surface area contributed by atoms with Crippen LogP contribution in [0.4, 0.5) is 0 Å². The summed E-state index contributed by atoms with van der Waals surface area (Å²) in [5.74, 6) is -0.885. The molecule has 0 spiro atoms. The quantitative estimate of drug-likeness (QED) is 0.874. The first-order valence-corrected chi connectivity index (χ1v) is 5.70. The first kappa shape index (κ1) is 13.7. The number of benzene rings is 1. The van der Waals surface area contributed by atoms with E-state index in [1.165, 1.54) is 0 Å². The van der Waals surface area contributed by atoms with E-state index < -0.39 is 5.97 Å². The molecule has 0 saturated carbocycles. The third kappa shape index (κ3) is 3.56. The Morgan fingerprint density at radius 1 is 1.35 bits per heavy atom. The summed E-state index contributed by atoms with van der Waals surface area (Å²) in [6.07, 6.45) is 0.616. The number of ether oxygens (including phenoxy) is 1. The summed E-state index contributed by atoms with van der Waals surface area (Å²) >= 11 is 0. The minimum atomic E-state index is -0.885. The minimum absolute atomic E-state index is 0.00278. The minimum Gasteiger partial charge on any atom is -0.478 e. The van der Waals surface area contributed by atoms with Gasteiger partial charge in [-0.05, 0) is 23.5 Å². The lowest BCUT2D eigenvalue weighted by atomic mass is 9.84. The van der Waals surface area contributed by atoms with Gasteiger partial charge in [0, 0.05) is 7.11 Å².